The third-order valence-corrected chi connectivity index (χ3v) is 7.52. The summed E-state index contributed by atoms with van der Waals surface area (Å²) < 4.78 is 18.1. The van der Waals surface area contributed by atoms with Crippen molar-refractivity contribution >= 4 is 39.7 Å². The number of carbonyl (C=O) groups is 4. The minimum Gasteiger partial charge on any atom is -0.477 e. The summed E-state index contributed by atoms with van der Waals surface area (Å²) in [6, 6.07) is 14.4. The Morgan fingerprint density at radius 3 is 2.35 bits per heavy atom. The molecule has 0 spiro atoms. The number of β-lactam (4-membered cyclic amide) rings is 1. The predicted octanol–water partition coefficient (Wildman–Crippen LogP) is 1.06. The molecule has 4 rings (SSSR count). The molecule has 0 radical (unpaired) electrons. The standard InChI is InChI=1S/C24H21N5O7S/c1-13-18(23(32)33)29-21(31)17(22(29)37(35)20(13)28-25)26-19(30)16(15-10-6-3-7-11-15)27-24(34)36-12-14-8-4-2-5-9-14/h2-11,16-17,22H,12H2,1H3,(H,26,30)(H,27,34)(H,32,33)/t16?,17?,22-,37?/m1/s1. The monoisotopic (exact) mass is 523 g/mol. The summed E-state index contributed by atoms with van der Waals surface area (Å²) in [5.74, 6) is -3.11. The molecular weight excluding hydrogens is 502 g/mol. The molecule has 190 valence electrons. The summed E-state index contributed by atoms with van der Waals surface area (Å²) in [6.07, 6.45) is -0.892. The van der Waals surface area contributed by atoms with E-state index in [4.69, 9.17) is 4.74 Å². The molecule has 2 heterocycles. The van der Waals surface area contributed by atoms with Crippen molar-refractivity contribution in [2.75, 3.05) is 0 Å². The lowest BCUT2D eigenvalue weighted by molar-refractivity contribution is -0.151. The second kappa shape index (κ2) is 10.6. The number of alkyl carbamates (subject to hydrolysis) is 1. The Balaban J connectivity index is 1.53. The van der Waals surface area contributed by atoms with Gasteiger partial charge in [-0.05, 0) is 18.1 Å². The van der Waals surface area contributed by atoms with E-state index in [9.17, 15) is 34.0 Å². The fourth-order valence-electron chi connectivity index (χ4n) is 4.04. The molecular formula is C24H21N5O7S. The Morgan fingerprint density at radius 1 is 1.14 bits per heavy atom. The lowest BCUT2D eigenvalue weighted by Crippen LogP contribution is -2.74. The summed E-state index contributed by atoms with van der Waals surface area (Å²) in [6.45, 7) is 1.22. The van der Waals surface area contributed by atoms with Crippen LogP contribution in [0.25, 0.3) is 5.53 Å². The molecule has 0 aliphatic carbocycles. The van der Waals surface area contributed by atoms with Gasteiger partial charge in [-0.25, -0.2) is 13.8 Å². The van der Waals surface area contributed by atoms with Crippen LogP contribution in [0.2, 0.25) is 0 Å². The highest BCUT2D eigenvalue weighted by Gasteiger charge is 2.61. The van der Waals surface area contributed by atoms with Gasteiger partial charge in [0.1, 0.15) is 24.4 Å². The largest absolute Gasteiger partial charge is 0.477 e. The Hall–Kier alpha value is -4.61. The molecule has 12 nitrogen and oxygen atoms in total. The van der Waals surface area contributed by atoms with Gasteiger partial charge in [0.05, 0.1) is 5.57 Å². The molecule has 1 fully saturated rings. The van der Waals surface area contributed by atoms with Gasteiger partial charge in [-0.1, -0.05) is 60.7 Å². The number of nitrogens with zero attached hydrogens (tertiary/aromatic N) is 3. The van der Waals surface area contributed by atoms with Gasteiger partial charge >= 0.3 is 17.1 Å². The van der Waals surface area contributed by atoms with Gasteiger partial charge in [0.25, 0.3) is 5.91 Å². The SMILES string of the molecule is CC1=C(C(=O)O)N2C(=O)C(NC(=O)C(NC(=O)OCc3ccccc3)c3ccccc3)[C@H]2S(=O)C1=[N+]=[N-]. The van der Waals surface area contributed by atoms with Crippen LogP contribution in [-0.4, -0.2) is 59.3 Å². The van der Waals surface area contributed by atoms with Crippen LogP contribution < -0.4 is 10.6 Å². The number of hydrogen-bond acceptors (Lipinski definition) is 6. The quantitative estimate of drug-likeness (QED) is 0.276. The second-order valence-corrected chi connectivity index (χ2v) is 9.58. The number of ether oxygens (including phenoxy) is 1. The highest BCUT2D eigenvalue weighted by atomic mass is 32.2. The zero-order valence-corrected chi connectivity index (χ0v) is 20.2. The molecule has 2 aliphatic heterocycles. The number of benzene rings is 2. The molecule has 1 saturated heterocycles. The molecule has 13 heteroatoms. The summed E-state index contributed by atoms with van der Waals surface area (Å²) in [5.41, 5.74) is 9.77. The number of hydrogen-bond donors (Lipinski definition) is 3. The van der Waals surface area contributed by atoms with Crippen molar-refractivity contribution in [3.05, 3.63) is 88.6 Å². The van der Waals surface area contributed by atoms with Crippen LogP contribution in [0.15, 0.2) is 71.9 Å². The number of fused-ring (bicyclic) bond motifs is 1. The third-order valence-electron chi connectivity index (χ3n) is 5.83. The maximum absolute atomic E-state index is 13.3. The molecule has 0 aromatic heterocycles. The first-order valence-corrected chi connectivity index (χ1v) is 12.2. The Kier molecular flexibility index (Phi) is 7.27. The predicted molar refractivity (Wildman–Crippen MR) is 129 cm³/mol. The zero-order valence-electron chi connectivity index (χ0n) is 19.4. The van der Waals surface area contributed by atoms with Crippen molar-refractivity contribution in [1.82, 2.24) is 15.5 Å². The maximum Gasteiger partial charge on any atom is 0.408 e. The molecule has 0 bridgehead atoms. The maximum atomic E-state index is 13.3. The van der Waals surface area contributed by atoms with Gasteiger partial charge in [0.2, 0.25) is 5.91 Å². The van der Waals surface area contributed by atoms with E-state index in [0.717, 1.165) is 10.5 Å². The number of amides is 3. The molecule has 3 N–H and O–H groups in total. The average Bonchev–Trinajstić information content (AvgIpc) is 2.90. The van der Waals surface area contributed by atoms with E-state index >= 15 is 0 Å². The normalized spacial score (nSPS) is 21.2. The summed E-state index contributed by atoms with van der Waals surface area (Å²) in [4.78, 5) is 54.1. The van der Waals surface area contributed by atoms with Crippen LogP contribution in [0, 0.1) is 0 Å². The number of carbonyl (C=O) groups excluding carboxylic acids is 3. The highest BCUT2D eigenvalue weighted by molar-refractivity contribution is 8.01. The smallest absolute Gasteiger partial charge is 0.408 e. The molecule has 3 unspecified atom stereocenters. The third kappa shape index (κ3) is 4.90. The van der Waals surface area contributed by atoms with Gasteiger partial charge in [-0.3, -0.25) is 14.5 Å². The van der Waals surface area contributed by atoms with Gasteiger partial charge < -0.3 is 26.0 Å². The van der Waals surface area contributed by atoms with Gasteiger partial charge in [0.15, 0.2) is 16.2 Å². The fourth-order valence-corrected chi connectivity index (χ4v) is 5.58. The highest BCUT2D eigenvalue weighted by Crippen LogP contribution is 2.35. The lowest BCUT2D eigenvalue weighted by Gasteiger charge is -2.47. The van der Waals surface area contributed by atoms with Gasteiger partial charge in [-0.15, -0.1) is 0 Å². The first-order chi connectivity index (χ1) is 17.7. The first kappa shape index (κ1) is 25.5. The molecule has 3 amide bonds. The summed E-state index contributed by atoms with van der Waals surface area (Å²) >= 11 is 0. The number of carboxylic acids is 1. The van der Waals surface area contributed by atoms with Crippen molar-refractivity contribution in [3.8, 4) is 0 Å². The van der Waals surface area contributed by atoms with Crippen molar-refractivity contribution in [1.29, 1.82) is 0 Å². The minimum absolute atomic E-state index is 0.0418. The van der Waals surface area contributed by atoms with Crippen LogP contribution in [0.3, 0.4) is 0 Å². The molecule has 0 saturated carbocycles. The van der Waals surface area contributed by atoms with Crippen LogP contribution in [0.4, 0.5) is 4.79 Å². The first-order valence-electron chi connectivity index (χ1n) is 11.0. The molecule has 2 aromatic rings. The molecule has 2 aliphatic rings. The van der Waals surface area contributed by atoms with E-state index in [-0.39, 0.29) is 12.2 Å². The van der Waals surface area contributed by atoms with E-state index in [2.05, 4.69) is 15.4 Å². The van der Waals surface area contributed by atoms with E-state index < -0.39 is 62.9 Å². The van der Waals surface area contributed by atoms with Crippen molar-refractivity contribution in [3.63, 3.8) is 0 Å². The number of rotatable bonds is 7. The summed E-state index contributed by atoms with van der Waals surface area (Å²) in [5, 5.41) is 12.7. The Labute approximate surface area is 213 Å². The van der Waals surface area contributed by atoms with Crippen LogP contribution in [0.1, 0.15) is 24.1 Å². The van der Waals surface area contributed by atoms with Crippen molar-refractivity contribution in [2.24, 2.45) is 0 Å². The van der Waals surface area contributed by atoms with Gasteiger partial charge in [0, 0.05) is 0 Å². The van der Waals surface area contributed by atoms with E-state index in [0.29, 0.717) is 5.56 Å². The van der Waals surface area contributed by atoms with Gasteiger partial charge in [-0.2, -0.15) is 4.79 Å². The summed E-state index contributed by atoms with van der Waals surface area (Å²) in [7, 11) is -2.14. The van der Waals surface area contributed by atoms with Crippen LogP contribution in [0.5, 0.6) is 0 Å². The van der Waals surface area contributed by atoms with Crippen molar-refractivity contribution in [2.45, 2.75) is 31.0 Å². The number of carboxylic acid groups (broad SMARTS) is 1. The molecule has 4 atom stereocenters. The lowest BCUT2D eigenvalue weighted by atomic mass is 10.0. The van der Waals surface area contributed by atoms with Crippen LogP contribution in [-0.2, 0) is 36.5 Å². The number of aliphatic carboxylic acids is 1. The van der Waals surface area contributed by atoms with E-state index in [1.54, 1.807) is 54.6 Å². The van der Waals surface area contributed by atoms with E-state index in [1.807, 2.05) is 6.07 Å². The minimum atomic E-state index is -2.14. The molecule has 2 aromatic carbocycles. The van der Waals surface area contributed by atoms with Crippen molar-refractivity contribution < 1.29 is 38.0 Å². The topological polar surface area (TPSA) is 179 Å². The molecule has 37 heavy (non-hydrogen) atoms. The van der Waals surface area contributed by atoms with Crippen LogP contribution >= 0.6 is 0 Å². The van der Waals surface area contributed by atoms with E-state index in [1.165, 1.54) is 6.92 Å². The second-order valence-electron chi connectivity index (χ2n) is 8.12. The Bertz CT molecular complexity index is 1370. The fraction of sp³-hybridized carbons (Fsp3) is 0.208. The Morgan fingerprint density at radius 2 is 1.76 bits per heavy atom. The average molecular weight is 524 g/mol. The number of nitrogens with one attached hydrogen (secondary N) is 2. The zero-order chi connectivity index (χ0) is 26.7.